The predicted octanol–water partition coefficient (Wildman–Crippen LogP) is 0.736. The zero-order valence-corrected chi connectivity index (χ0v) is 12.0. The number of anilines is 2. The van der Waals surface area contributed by atoms with Gasteiger partial charge in [-0.25, -0.2) is 9.97 Å². The van der Waals surface area contributed by atoms with E-state index in [0.29, 0.717) is 24.3 Å². The van der Waals surface area contributed by atoms with Gasteiger partial charge in [0.05, 0.1) is 0 Å². The molecular weight excluding hydrogens is 242 g/mol. The van der Waals surface area contributed by atoms with Crippen LogP contribution in [0, 0.1) is 0 Å². The highest BCUT2D eigenvalue weighted by molar-refractivity contribution is 5.47. The van der Waals surface area contributed by atoms with Crippen molar-refractivity contribution in [1.82, 2.24) is 14.9 Å². The molecular formula is C13H23N5O. The fourth-order valence-electron chi connectivity index (χ4n) is 2.33. The normalized spacial score (nSPS) is 17.2. The molecule has 0 aromatic carbocycles. The first-order valence-electron chi connectivity index (χ1n) is 6.71. The average Bonchev–Trinajstić information content (AvgIpc) is 2.38. The van der Waals surface area contributed by atoms with Crippen LogP contribution in [0.3, 0.4) is 0 Å². The van der Waals surface area contributed by atoms with Crippen LogP contribution in [-0.2, 0) is 11.3 Å². The van der Waals surface area contributed by atoms with Gasteiger partial charge in [0.1, 0.15) is 18.2 Å². The molecule has 0 radical (unpaired) electrons. The molecule has 0 amide bonds. The van der Waals surface area contributed by atoms with Crippen molar-refractivity contribution in [3.05, 3.63) is 11.9 Å². The number of piperazine rings is 1. The molecule has 1 aromatic rings. The molecule has 19 heavy (non-hydrogen) atoms. The van der Waals surface area contributed by atoms with Crippen LogP contribution in [0.25, 0.3) is 0 Å². The van der Waals surface area contributed by atoms with Gasteiger partial charge in [-0.1, -0.05) is 0 Å². The van der Waals surface area contributed by atoms with E-state index in [2.05, 4.69) is 33.6 Å². The molecule has 0 aliphatic carbocycles. The molecule has 2 heterocycles. The van der Waals surface area contributed by atoms with Crippen molar-refractivity contribution < 1.29 is 4.74 Å². The Balaban J connectivity index is 2.06. The molecule has 1 aliphatic heterocycles. The van der Waals surface area contributed by atoms with Crippen molar-refractivity contribution in [1.29, 1.82) is 0 Å². The number of nitrogens with zero attached hydrogens (tertiary/aromatic N) is 4. The van der Waals surface area contributed by atoms with Gasteiger partial charge in [0.15, 0.2) is 5.82 Å². The number of hydrogen-bond donors (Lipinski definition) is 1. The highest BCUT2D eigenvalue weighted by Crippen LogP contribution is 2.17. The molecule has 1 saturated heterocycles. The van der Waals surface area contributed by atoms with Crippen molar-refractivity contribution in [3.63, 3.8) is 0 Å². The van der Waals surface area contributed by atoms with Crippen molar-refractivity contribution in [2.75, 3.05) is 43.9 Å². The van der Waals surface area contributed by atoms with Gasteiger partial charge in [0, 0.05) is 45.4 Å². The fourth-order valence-corrected chi connectivity index (χ4v) is 2.33. The third kappa shape index (κ3) is 3.54. The Labute approximate surface area is 114 Å². The smallest absolute Gasteiger partial charge is 0.158 e. The summed E-state index contributed by atoms with van der Waals surface area (Å²) in [5, 5.41) is 0. The topological polar surface area (TPSA) is 67.5 Å². The largest absolute Gasteiger partial charge is 0.384 e. The first kappa shape index (κ1) is 14.0. The zero-order chi connectivity index (χ0) is 13.8. The van der Waals surface area contributed by atoms with Gasteiger partial charge in [-0.15, -0.1) is 0 Å². The SMILES string of the molecule is COCc1nc(N)cc(N2CCN(C(C)C)CC2)n1. The maximum atomic E-state index is 5.83. The minimum atomic E-state index is 0.393. The number of nitrogen functional groups attached to an aromatic ring is 1. The highest BCUT2D eigenvalue weighted by Gasteiger charge is 2.20. The molecule has 6 nitrogen and oxygen atoms in total. The van der Waals surface area contributed by atoms with Crippen molar-refractivity contribution in [2.45, 2.75) is 26.5 Å². The maximum Gasteiger partial charge on any atom is 0.158 e. The van der Waals surface area contributed by atoms with Crippen molar-refractivity contribution in [2.24, 2.45) is 0 Å². The van der Waals surface area contributed by atoms with Crippen LogP contribution in [0.15, 0.2) is 6.07 Å². The van der Waals surface area contributed by atoms with Crippen LogP contribution in [-0.4, -0.2) is 54.2 Å². The molecule has 1 fully saturated rings. The van der Waals surface area contributed by atoms with Crippen LogP contribution >= 0.6 is 0 Å². The molecule has 106 valence electrons. The summed E-state index contributed by atoms with van der Waals surface area (Å²) >= 11 is 0. The summed E-state index contributed by atoms with van der Waals surface area (Å²) < 4.78 is 5.07. The van der Waals surface area contributed by atoms with Gasteiger partial charge in [-0.2, -0.15) is 0 Å². The quantitative estimate of drug-likeness (QED) is 0.866. The number of aromatic nitrogens is 2. The Bertz CT molecular complexity index is 415. The molecule has 0 bridgehead atoms. The number of rotatable bonds is 4. The van der Waals surface area contributed by atoms with Gasteiger partial charge < -0.3 is 15.4 Å². The molecule has 0 atom stereocenters. The zero-order valence-electron chi connectivity index (χ0n) is 12.0. The lowest BCUT2D eigenvalue weighted by atomic mass is 10.2. The van der Waals surface area contributed by atoms with Gasteiger partial charge in [-0.3, -0.25) is 4.90 Å². The second-order valence-corrected chi connectivity index (χ2v) is 5.12. The Morgan fingerprint density at radius 1 is 1.26 bits per heavy atom. The van der Waals surface area contributed by atoms with E-state index in [0.717, 1.165) is 32.0 Å². The van der Waals surface area contributed by atoms with E-state index in [4.69, 9.17) is 10.5 Å². The minimum Gasteiger partial charge on any atom is -0.384 e. The van der Waals surface area contributed by atoms with Crippen molar-refractivity contribution >= 4 is 11.6 Å². The van der Waals surface area contributed by atoms with Gasteiger partial charge >= 0.3 is 0 Å². The molecule has 1 aliphatic rings. The highest BCUT2D eigenvalue weighted by atomic mass is 16.5. The maximum absolute atomic E-state index is 5.83. The summed E-state index contributed by atoms with van der Waals surface area (Å²) in [6.45, 7) is 8.92. The molecule has 2 N–H and O–H groups in total. The fraction of sp³-hybridized carbons (Fsp3) is 0.692. The number of nitrogens with two attached hydrogens (primary N) is 1. The van der Waals surface area contributed by atoms with Gasteiger partial charge in [-0.05, 0) is 13.8 Å². The first-order chi connectivity index (χ1) is 9.10. The second-order valence-electron chi connectivity index (χ2n) is 5.12. The van der Waals surface area contributed by atoms with Crippen LogP contribution in [0.4, 0.5) is 11.6 Å². The third-order valence-electron chi connectivity index (χ3n) is 3.42. The summed E-state index contributed by atoms with van der Waals surface area (Å²) in [4.78, 5) is 13.4. The lowest BCUT2D eigenvalue weighted by Crippen LogP contribution is -2.49. The van der Waals surface area contributed by atoms with Crippen LogP contribution in [0.2, 0.25) is 0 Å². The molecule has 1 aromatic heterocycles. The van der Waals surface area contributed by atoms with Crippen LogP contribution in [0.1, 0.15) is 19.7 Å². The summed E-state index contributed by atoms with van der Waals surface area (Å²) in [6.07, 6.45) is 0. The number of hydrogen-bond acceptors (Lipinski definition) is 6. The van der Waals surface area contributed by atoms with E-state index in [-0.39, 0.29) is 0 Å². The predicted molar refractivity (Wildman–Crippen MR) is 76.1 cm³/mol. The Morgan fingerprint density at radius 3 is 2.53 bits per heavy atom. The molecule has 2 rings (SSSR count). The summed E-state index contributed by atoms with van der Waals surface area (Å²) in [7, 11) is 1.63. The van der Waals surface area contributed by atoms with E-state index < -0.39 is 0 Å². The lowest BCUT2D eigenvalue weighted by molar-refractivity contribution is 0.177. The standard InChI is InChI=1S/C13H23N5O/c1-10(2)17-4-6-18(7-5-17)13-8-11(14)15-12(16-13)9-19-3/h8,10H,4-7,9H2,1-3H3,(H2,14,15,16). The van der Waals surface area contributed by atoms with Crippen LogP contribution in [0.5, 0.6) is 0 Å². The summed E-state index contributed by atoms with van der Waals surface area (Å²) in [6, 6.07) is 2.44. The summed E-state index contributed by atoms with van der Waals surface area (Å²) in [5.41, 5.74) is 5.83. The molecule has 0 saturated carbocycles. The average molecular weight is 265 g/mol. The van der Waals surface area contributed by atoms with Gasteiger partial charge in [0.2, 0.25) is 0 Å². The van der Waals surface area contributed by atoms with E-state index >= 15 is 0 Å². The minimum absolute atomic E-state index is 0.393. The van der Waals surface area contributed by atoms with Crippen LogP contribution < -0.4 is 10.6 Å². The second kappa shape index (κ2) is 6.16. The first-order valence-corrected chi connectivity index (χ1v) is 6.71. The molecule has 6 heteroatoms. The van der Waals surface area contributed by atoms with Crippen molar-refractivity contribution in [3.8, 4) is 0 Å². The lowest BCUT2D eigenvalue weighted by Gasteiger charge is -2.37. The van der Waals surface area contributed by atoms with Gasteiger partial charge in [0.25, 0.3) is 0 Å². The molecule has 0 unspecified atom stereocenters. The number of methoxy groups -OCH3 is 1. The van der Waals surface area contributed by atoms with E-state index in [1.54, 1.807) is 7.11 Å². The Kier molecular flexibility index (Phi) is 4.55. The third-order valence-corrected chi connectivity index (χ3v) is 3.42. The Hall–Kier alpha value is -1.40. The van der Waals surface area contributed by atoms with E-state index in [1.165, 1.54) is 0 Å². The monoisotopic (exact) mass is 265 g/mol. The van der Waals surface area contributed by atoms with E-state index in [9.17, 15) is 0 Å². The van der Waals surface area contributed by atoms with E-state index in [1.807, 2.05) is 6.07 Å². The Morgan fingerprint density at radius 2 is 1.95 bits per heavy atom. The number of ether oxygens (including phenoxy) is 1. The summed E-state index contributed by atoms with van der Waals surface area (Å²) in [5.74, 6) is 2.05. The molecule has 0 spiro atoms.